The van der Waals surface area contributed by atoms with Crippen LogP contribution in [0.15, 0.2) is 42.5 Å². The van der Waals surface area contributed by atoms with E-state index < -0.39 is 5.82 Å². The molecule has 0 bridgehead atoms. The molecule has 4 heteroatoms. The predicted octanol–water partition coefficient (Wildman–Crippen LogP) is 3.80. The minimum absolute atomic E-state index is 0.126. The van der Waals surface area contributed by atoms with E-state index in [2.05, 4.69) is 5.32 Å². The van der Waals surface area contributed by atoms with E-state index >= 15 is 0 Å². The van der Waals surface area contributed by atoms with Crippen molar-refractivity contribution in [3.63, 3.8) is 0 Å². The Morgan fingerprint density at radius 1 is 1.21 bits per heavy atom. The van der Waals surface area contributed by atoms with E-state index in [1.54, 1.807) is 32.4 Å². The lowest BCUT2D eigenvalue weighted by Crippen LogP contribution is -2.19. The molecular formula is C15H15ClFNO. The second kappa shape index (κ2) is 6.04. The topological polar surface area (TPSA) is 21.3 Å². The molecule has 0 saturated heterocycles. The summed E-state index contributed by atoms with van der Waals surface area (Å²) in [5, 5.41) is 3.23. The summed E-state index contributed by atoms with van der Waals surface area (Å²) in [6.07, 6.45) is 0. The SMILES string of the molecule is CNC(c1cccc(OC)c1)c1cccc(Cl)c1F. The van der Waals surface area contributed by atoms with Gasteiger partial charge in [-0.15, -0.1) is 0 Å². The van der Waals surface area contributed by atoms with E-state index in [0.29, 0.717) is 5.56 Å². The van der Waals surface area contributed by atoms with Crippen molar-refractivity contribution in [2.75, 3.05) is 14.2 Å². The molecule has 0 aromatic heterocycles. The first-order valence-electron chi connectivity index (χ1n) is 5.92. The molecule has 2 aromatic carbocycles. The molecule has 0 spiro atoms. The van der Waals surface area contributed by atoms with Gasteiger partial charge in [-0.25, -0.2) is 4.39 Å². The summed E-state index contributed by atoms with van der Waals surface area (Å²) in [4.78, 5) is 0. The Morgan fingerprint density at radius 3 is 2.63 bits per heavy atom. The third-order valence-corrected chi connectivity index (χ3v) is 3.30. The molecule has 0 saturated carbocycles. The summed E-state index contributed by atoms with van der Waals surface area (Å²) >= 11 is 5.83. The van der Waals surface area contributed by atoms with Gasteiger partial charge in [0.15, 0.2) is 0 Å². The zero-order valence-corrected chi connectivity index (χ0v) is 11.5. The van der Waals surface area contributed by atoms with Gasteiger partial charge in [0.05, 0.1) is 18.2 Å². The number of ether oxygens (including phenoxy) is 1. The zero-order chi connectivity index (χ0) is 13.8. The van der Waals surface area contributed by atoms with E-state index in [-0.39, 0.29) is 11.1 Å². The monoisotopic (exact) mass is 279 g/mol. The average Bonchev–Trinajstić information content (AvgIpc) is 2.44. The van der Waals surface area contributed by atoms with Crippen molar-refractivity contribution in [2.24, 2.45) is 0 Å². The lowest BCUT2D eigenvalue weighted by atomic mass is 9.98. The summed E-state index contributed by atoms with van der Waals surface area (Å²) in [6.45, 7) is 0. The van der Waals surface area contributed by atoms with Crippen LogP contribution in [0.2, 0.25) is 5.02 Å². The van der Waals surface area contributed by atoms with Crippen LogP contribution in [0.5, 0.6) is 5.75 Å². The van der Waals surface area contributed by atoms with Crippen molar-refractivity contribution in [3.8, 4) is 5.75 Å². The summed E-state index contributed by atoms with van der Waals surface area (Å²) in [5.74, 6) is 0.339. The van der Waals surface area contributed by atoms with E-state index in [0.717, 1.165) is 11.3 Å². The molecule has 1 unspecified atom stereocenters. The molecule has 100 valence electrons. The first kappa shape index (κ1) is 13.8. The van der Waals surface area contributed by atoms with Gasteiger partial charge in [-0.3, -0.25) is 0 Å². The van der Waals surface area contributed by atoms with Crippen molar-refractivity contribution < 1.29 is 9.13 Å². The molecule has 1 N–H and O–H groups in total. The fourth-order valence-corrected chi connectivity index (χ4v) is 2.25. The minimum atomic E-state index is -0.397. The van der Waals surface area contributed by atoms with Crippen LogP contribution in [0, 0.1) is 5.82 Å². The maximum atomic E-state index is 14.1. The van der Waals surface area contributed by atoms with Crippen molar-refractivity contribution in [1.29, 1.82) is 0 Å². The van der Waals surface area contributed by atoms with Gasteiger partial charge < -0.3 is 10.1 Å². The largest absolute Gasteiger partial charge is 0.497 e. The Balaban J connectivity index is 2.46. The highest BCUT2D eigenvalue weighted by atomic mass is 35.5. The normalized spacial score (nSPS) is 12.2. The first-order chi connectivity index (χ1) is 9.17. The van der Waals surface area contributed by atoms with E-state index in [4.69, 9.17) is 16.3 Å². The smallest absolute Gasteiger partial charge is 0.146 e. The number of hydrogen-bond donors (Lipinski definition) is 1. The number of hydrogen-bond acceptors (Lipinski definition) is 2. The highest BCUT2D eigenvalue weighted by Gasteiger charge is 2.18. The Hall–Kier alpha value is -1.58. The fraction of sp³-hybridized carbons (Fsp3) is 0.200. The number of halogens is 2. The molecule has 1 atom stereocenters. The third-order valence-electron chi connectivity index (χ3n) is 3.01. The molecule has 0 fully saturated rings. The van der Waals surface area contributed by atoms with Gasteiger partial charge in [-0.2, -0.15) is 0 Å². The molecule has 0 heterocycles. The molecule has 2 rings (SSSR count). The van der Waals surface area contributed by atoms with E-state index in [9.17, 15) is 4.39 Å². The molecule has 0 aliphatic heterocycles. The zero-order valence-electron chi connectivity index (χ0n) is 10.8. The highest BCUT2D eigenvalue weighted by Crippen LogP contribution is 2.29. The molecular weight excluding hydrogens is 265 g/mol. The summed E-state index contributed by atoms with van der Waals surface area (Å²) in [6, 6.07) is 12.3. The summed E-state index contributed by atoms with van der Waals surface area (Å²) < 4.78 is 19.3. The van der Waals surface area contributed by atoms with E-state index in [1.165, 1.54) is 0 Å². The van der Waals surface area contributed by atoms with Crippen LogP contribution in [-0.2, 0) is 0 Å². The van der Waals surface area contributed by atoms with Gasteiger partial charge in [0.1, 0.15) is 11.6 Å². The van der Waals surface area contributed by atoms with Crippen LogP contribution < -0.4 is 10.1 Å². The van der Waals surface area contributed by atoms with Crippen LogP contribution in [0.1, 0.15) is 17.2 Å². The second-order valence-corrected chi connectivity index (χ2v) is 4.55. The van der Waals surface area contributed by atoms with Gasteiger partial charge in [-0.1, -0.05) is 35.9 Å². The highest BCUT2D eigenvalue weighted by molar-refractivity contribution is 6.30. The van der Waals surface area contributed by atoms with E-state index in [1.807, 2.05) is 24.3 Å². The quantitative estimate of drug-likeness (QED) is 0.919. The number of rotatable bonds is 4. The van der Waals surface area contributed by atoms with Crippen LogP contribution in [0.4, 0.5) is 4.39 Å². The molecule has 0 aliphatic rings. The van der Waals surface area contributed by atoms with Crippen molar-refractivity contribution >= 4 is 11.6 Å². The van der Waals surface area contributed by atoms with Gasteiger partial charge >= 0.3 is 0 Å². The van der Waals surface area contributed by atoms with Crippen LogP contribution in [-0.4, -0.2) is 14.2 Å². The summed E-state index contributed by atoms with van der Waals surface area (Å²) in [5.41, 5.74) is 1.44. The third kappa shape index (κ3) is 2.88. The summed E-state index contributed by atoms with van der Waals surface area (Å²) in [7, 11) is 3.39. The van der Waals surface area contributed by atoms with Crippen LogP contribution >= 0.6 is 11.6 Å². The maximum absolute atomic E-state index is 14.1. The molecule has 0 radical (unpaired) electrons. The molecule has 0 aliphatic carbocycles. The minimum Gasteiger partial charge on any atom is -0.497 e. The number of nitrogens with one attached hydrogen (secondary N) is 1. The lowest BCUT2D eigenvalue weighted by molar-refractivity contribution is 0.413. The standard InChI is InChI=1S/C15H15ClFNO/c1-18-15(10-5-3-6-11(9-10)19-2)12-7-4-8-13(16)14(12)17/h3-9,15,18H,1-2H3. The number of methoxy groups -OCH3 is 1. The second-order valence-electron chi connectivity index (χ2n) is 4.14. The molecule has 2 aromatic rings. The van der Waals surface area contributed by atoms with Crippen molar-refractivity contribution in [2.45, 2.75) is 6.04 Å². The van der Waals surface area contributed by atoms with Gasteiger partial charge in [-0.05, 0) is 30.8 Å². The van der Waals surface area contributed by atoms with Crippen LogP contribution in [0.25, 0.3) is 0 Å². The Bertz CT molecular complexity index is 574. The van der Waals surface area contributed by atoms with Crippen molar-refractivity contribution in [3.05, 3.63) is 64.4 Å². The average molecular weight is 280 g/mol. The predicted molar refractivity (Wildman–Crippen MR) is 75.3 cm³/mol. The Labute approximate surface area is 117 Å². The number of benzene rings is 2. The molecule has 0 amide bonds. The van der Waals surface area contributed by atoms with Gasteiger partial charge in [0.25, 0.3) is 0 Å². The fourth-order valence-electron chi connectivity index (χ4n) is 2.07. The Kier molecular flexibility index (Phi) is 4.40. The molecule has 2 nitrogen and oxygen atoms in total. The lowest BCUT2D eigenvalue weighted by Gasteiger charge is -2.19. The molecule has 19 heavy (non-hydrogen) atoms. The Morgan fingerprint density at radius 2 is 1.95 bits per heavy atom. The van der Waals surface area contributed by atoms with Gasteiger partial charge in [0.2, 0.25) is 0 Å². The van der Waals surface area contributed by atoms with Crippen molar-refractivity contribution in [1.82, 2.24) is 5.32 Å². The van der Waals surface area contributed by atoms with Gasteiger partial charge in [0, 0.05) is 5.56 Å². The first-order valence-corrected chi connectivity index (χ1v) is 6.30. The van der Waals surface area contributed by atoms with Crippen LogP contribution in [0.3, 0.4) is 0 Å². The maximum Gasteiger partial charge on any atom is 0.146 e.